The molecular formula is C11H20ClNO2S. The third kappa shape index (κ3) is 2.39. The third-order valence-corrected chi connectivity index (χ3v) is 6.06. The summed E-state index contributed by atoms with van der Waals surface area (Å²) in [5.41, 5.74) is 0. The normalized spacial score (nSPS) is 37.0. The van der Waals surface area contributed by atoms with Crippen LogP contribution < -0.4 is 0 Å². The van der Waals surface area contributed by atoms with Crippen molar-refractivity contribution >= 4 is 19.7 Å². The van der Waals surface area contributed by atoms with E-state index in [4.69, 9.17) is 10.7 Å². The van der Waals surface area contributed by atoms with Crippen LogP contribution in [-0.2, 0) is 9.05 Å². The molecule has 0 aromatic heterocycles. The molecule has 0 aromatic rings. The highest BCUT2D eigenvalue weighted by Gasteiger charge is 2.44. The van der Waals surface area contributed by atoms with Crippen molar-refractivity contribution in [3.63, 3.8) is 0 Å². The summed E-state index contributed by atoms with van der Waals surface area (Å²) in [7, 11) is 2.19. The number of likely N-dealkylation sites (tertiary alicyclic amines) is 1. The Morgan fingerprint density at radius 1 is 1.25 bits per heavy atom. The molecule has 0 bridgehead atoms. The fourth-order valence-electron chi connectivity index (χ4n) is 3.46. The van der Waals surface area contributed by atoms with Gasteiger partial charge in [-0.15, -0.1) is 0 Å². The van der Waals surface area contributed by atoms with Gasteiger partial charge in [-0.05, 0) is 44.7 Å². The highest BCUT2D eigenvalue weighted by atomic mass is 35.7. The van der Waals surface area contributed by atoms with E-state index in [1.54, 1.807) is 0 Å². The van der Waals surface area contributed by atoms with E-state index in [2.05, 4.69) is 11.8 Å². The first-order valence-corrected chi connectivity index (χ1v) is 8.59. The van der Waals surface area contributed by atoms with E-state index in [0.717, 1.165) is 25.9 Å². The van der Waals surface area contributed by atoms with E-state index >= 15 is 0 Å². The molecule has 2 fully saturated rings. The van der Waals surface area contributed by atoms with Crippen molar-refractivity contribution in [2.24, 2.45) is 5.92 Å². The molecule has 0 aromatic carbocycles. The minimum atomic E-state index is -3.41. The van der Waals surface area contributed by atoms with E-state index in [1.165, 1.54) is 19.3 Å². The number of halogens is 1. The summed E-state index contributed by atoms with van der Waals surface area (Å²) in [4.78, 5) is 2.32. The van der Waals surface area contributed by atoms with Gasteiger partial charge in [0.1, 0.15) is 0 Å². The Labute approximate surface area is 103 Å². The summed E-state index contributed by atoms with van der Waals surface area (Å²) in [5, 5.41) is -0.340. The first-order valence-electron chi connectivity index (χ1n) is 6.21. The monoisotopic (exact) mass is 265 g/mol. The van der Waals surface area contributed by atoms with Gasteiger partial charge in [-0.2, -0.15) is 0 Å². The molecule has 16 heavy (non-hydrogen) atoms. The Morgan fingerprint density at radius 2 is 1.94 bits per heavy atom. The molecule has 1 heterocycles. The minimum absolute atomic E-state index is 0.176. The predicted molar refractivity (Wildman–Crippen MR) is 66.2 cm³/mol. The van der Waals surface area contributed by atoms with Crippen LogP contribution in [0.3, 0.4) is 0 Å². The van der Waals surface area contributed by atoms with Gasteiger partial charge in [-0.25, -0.2) is 8.42 Å². The Hall–Kier alpha value is 0.200. The fourth-order valence-corrected chi connectivity index (χ4v) is 5.22. The van der Waals surface area contributed by atoms with Crippen molar-refractivity contribution in [3.8, 4) is 0 Å². The number of piperidine rings is 1. The second-order valence-electron chi connectivity index (χ2n) is 4.97. The molecule has 3 unspecified atom stereocenters. The molecule has 1 aliphatic heterocycles. The zero-order valence-electron chi connectivity index (χ0n) is 9.73. The Morgan fingerprint density at radius 3 is 2.56 bits per heavy atom. The Bertz CT molecular complexity index is 335. The van der Waals surface area contributed by atoms with E-state index < -0.39 is 9.05 Å². The molecule has 3 nitrogen and oxygen atoms in total. The quantitative estimate of drug-likeness (QED) is 0.719. The van der Waals surface area contributed by atoms with Crippen LogP contribution in [0.5, 0.6) is 0 Å². The van der Waals surface area contributed by atoms with Crippen LogP contribution in [0.4, 0.5) is 0 Å². The van der Waals surface area contributed by atoms with Gasteiger partial charge in [0.25, 0.3) is 0 Å². The summed E-state index contributed by atoms with van der Waals surface area (Å²) in [6, 6.07) is 0.176. The maximum atomic E-state index is 11.6. The van der Waals surface area contributed by atoms with E-state index in [9.17, 15) is 8.42 Å². The smallest absolute Gasteiger partial charge is 0.237 e. The second-order valence-corrected chi connectivity index (χ2v) is 7.81. The summed E-state index contributed by atoms with van der Waals surface area (Å²) in [6.45, 7) is 4.07. The van der Waals surface area contributed by atoms with Crippen LogP contribution in [0.15, 0.2) is 0 Å². The van der Waals surface area contributed by atoms with Crippen molar-refractivity contribution in [2.75, 3.05) is 13.1 Å². The van der Waals surface area contributed by atoms with E-state index in [-0.39, 0.29) is 11.3 Å². The summed E-state index contributed by atoms with van der Waals surface area (Å²) in [5.74, 6) is 0.543. The minimum Gasteiger partial charge on any atom is -0.299 e. The highest BCUT2D eigenvalue weighted by molar-refractivity contribution is 8.14. The Balaban J connectivity index is 2.25. The van der Waals surface area contributed by atoms with Crippen molar-refractivity contribution < 1.29 is 8.42 Å². The van der Waals surface area contributed by atoms with Gasteiger partial charge in [0, 0.05) is 16.7 Å². The fraction of sp³-hybridized carbons (Fsp3) is 1.00. The maximum Gasteiger partial charge on any atom is 0.237 e. The number of fused-ring (bicyclic) bond motifs is 1. The molecule has 0 amide bonds. The molecular weight excluding hydrogens is 246 g/mol. The Kier molecular flexibility index (Phi) is 3.82. The lowest BCUT2D eigenvalue weighted by molar-refractivity contribution is 0.0688. The van der Waals surface area contributed by atoms with Gasteiger partial charge in [0.2, 0.25) is 9.05 Å². The van der Waals surface area contributed by atoms with Crippen LogP contribution in [0, 0.1) is 5.92 Å². The number of hydrogen-bond acceptors (Lipinski definition) is 3. The summed E-state index contributed by atoms with van der Waals surface area (Å²) >= 11 is 0. The average molecular weight is 266 g/mol. The van der Waals surface area contributed by atoms with Crippen molar-refractivity contribution in [2.45, 2.75) is 50.3 Å². The van der Waals surface area contributed by atoms with Crippen molar-refractivity contribution in [1.82, 2.24) is 4.90 Å². The van der Waals surface area contributed by atoms with Gasteiger partial charge >= 0.3 is 0 Å². The number of rotatable bonds is 2. The molecule has 2 aliphatic rings. The van der Waals surface area contributed by atoms with Gasteiger partial charge in [-0.3, -0.25) is 4.90 Å². The molecule has 94 valence electrons. The third-order valence-electron chi connectivity index (χ3n) is 4.14. The standard InChI is InChI=1S/C11H20ClNO2S/c1-2-13-8-4-6-9-5-3-7-10(11(9)13)16(12,14)15/h9-11H,2-8H2,1H3. The first-order chi connectivity index (χ1) is 7.54. The van der Waals surface area contributed by atoms with Crippen LogP contribution in [0.1, 0.15) is 39.0 Å². The van der Waals surface area contributed by atoms with Gasteiger partial charge < -0.3 is 0 Å². The van der Waals surface area contributed by atoms with Crippen LogP contribution in [-0.4, -0.2) is 37.7 Å². The van der Waals surface area contributed by atoms with Gasteiger partial charge in [-0.1, -0.05) is 13.3 Å². The van der Waals surface area contributed by atoms with Gasteiger partial charge in [0.05, 0.1) is 5.25 Å². The molecule has 5 heteroatoms. The molecule has 1 saturated carbocycles. The lowest BCUT2D eigenvalue weighted by Crippen LogP contribution is -2.55. The SMILES string of the molecule is CCN1CCCC2CCCC(S(=O)(=O)Cl)C21. The molecule has 0 radical (unpaired) electrons. The van der Waals surface area contributed by atoms with Gasteiger partial charge in [0.15, 0.2) is 0 Å². The zero-order valence-corrected chi connectivity index (χ0v) is 11.3. The predicted octanol–water partition coefficient (Wildman–Crippen LogP) is 2.21. The van der Waals surface area contributed by atoms with Crippen LogP contribution in [0.2, 0.25) is 0 Å². The zero-order chi connectivity index (χ0) is 11.8. The first kappa shape index (κ1) is 12.7. The van der Waals surface area contributed by atoms with Crippen LogP contribution >= 0.6 is 10.7 Å². The second kappa shape index (κ2) is 4.83. The maximum absolute atomic E-state index is 11.6. The van der Waals surface area contributed by atoms with E-state index in [0.29, 0.717) is 5.92 Å². The molecule has 0 spiro atoms. The lowest BCUT2D eigenvalue weighted by Gasteiger charge is -2.46. The molecule has 1 aliphatic carbocycles. The number of hydrogen-bond donors (Lipinski definition) is 0. The largest absolute Gasteiger partial charge is 0.299 e. The molecule has 1 saturated heterocycles. The van der Waals surface area contributed by atoms with Crippen LogP contribution in [0.25, 0.3) is 0 Å². The average Bonchev–Trinajstić information content (AvgIpc) is 2.26. The molecule has 3 atom stereocenters. The summed E-state index contributed by atoms with van der Waals surface area (Å²) in [6.07, 6.45) is 5.29. The molecule has 2 rings (SSSR count). The molecule has 0 N–H and O–H groups in total. The number of nitrogens with zero attached hydrogens (tertiary/aromatic N) is 1. The van der Waals surface area contributed by atoms with E-state index in [1.807, 2.05) is 0 Å². The van der Waals surface area contributed by atoms with Crippen molar-refractivity contribution in [1.29, 1.82) is 0 Å². The topological polar surface area (TPSA) is 37.4 Å². The lowest BCUT2D eigenvalue weighted by atomic mass is 9.78. The summed E-state index contributed by atoms with van der Waals surface area (Å²) < 4.78 is 23.3. The van der Waals surface area contributed by atoms with Crippen molar-refractivity contribution in [3.05, 3.63) is 0 Å². The highest BCUT2D eigenvalue weighted by Crippen LogP contribution is 2.39.